The zero-order chi connectivity index (χ0) is 32.9. The number of halogens is 1. The molecule has 3 aromatic rings. The molecule has 2 aromatic carbocycles. The van der Waals surface area contributed by atoms with E-state index in [2.05, 4.69) is 24.7 Å². The summed E-state index contributed by atoms with van der Waals surface area (Å²) in [5.74, 6) is -2.94. The molecule has 11 nitrogen and oxygen atoms in total. The van der Waals surface area contributed by atoms with Crippen LogP contribution in [0.2, 0.25) is 25.7 Å². The number of ether oxygens (including phenoxy) is 1. The molecule has 1 aromatic heterocycles. The van der Waals surface area contributed by atoms with Gasteiger partial charge in [0.25, 0.3) is 21.5 Å². The van der Waals surface area contributed by atoms with Gasteiger partial charge in [0.1, 0.15) is 18.7 Å². The Morgan fingerprint density at radius 1 is 1.20 bits per heavy atom. The van der Waals surface area contributed by atoms with E-state index in [1.165, 1.54) is 27.8 Å². The zero-order valence-corrected chi connectivity index (χ0v) is 27.5. The van der Waals surface area contributed by atoms with E-state index in [1.54, 1.807) is 30.3 Å². The zero-order valence-electron chi connectivity index (χ0n) is 25.6. The fourth-order valence-electron chi connectivity index (χ4n) is 5.37. The van der Waals surface area contributed by atoms with Crippen LogP contribution in [0.15, 0.2) is 59.5 Å². The molecular weight excluding hydrogens is 620 g/mol. The third-order valence-corrected chi connectivity index (χ3v) is 9.81. The first-order valence-corrected chi connectivity index (χ1v) is 20.0. The van der Waals surface area contributed by atoms with Crippen molar-refractivity contribution in [3.63, 3.8) is 0 Å². The Labute approximate surface area is 263 Å². The highest BCUT2D eigenvalue weighted by Gasteiger charge is 2.43. The van der Waals surface area contributed by atoms with Gasteiger partial charge in [0.15, 0.2) is 11.4 Å². The summed E-state index contributed by atoms with van der Waals surface area (Å²) in [7, 11) is -5.49. The molecular formula is C31H37FN4O7SSi. The van der Waals surface area contributed by atoms with Crippen LogP contribution in [-0.2, 0) is 25.8 Å². The summed E-state index contributed by atoms with van der Waals surface area (Å²) in [6.45, 7) is 7.10. The van der Waals surface area contributed by atoms with Crippen LogP contribution in [0.25, 0.3) is 0 Å². The average Bonchev–Trinajstić information content (AvgIpc) is 3.45. The summed E-state index contributed by atoms with van der Waals surface area (Å²) in [6, 6.07) is 14.0. The van der Waals surface area contributed by atoms with Crippen molar-refractivity contribution in [2.45, 2.75) is 63.3 Å². The summed E-state index contributed by atoms with van der Waals surface area (Å²) in [5.41, 5.74) is -0.236. The molecule has 14 heteroatoms. The Kier molecular flexibility index (Phi) is 10.6. The van der Waals surface area contributed by atoms with E-state index in [-0.39, 0.29) is 13.3 Å². The maximum absolute atomic E-state index is 14.5. The number of carbonyl (C=O) groups is 1. The lowest BCUT2D eigenvalue weighted by molar-refractivity contribution is 0.0514. The van der Waals surface area contributed by atoms with E-state index in [9.17, 15) is 32.8 Å². The van der Waals surface area contributed by atoms with Gasteiger partial charge in [-0.05, 0) is 54.3 Å². The van der Waals surface area contributed by atoms with Crippen LogP contribution in [0.1, 0.15) is 45.9 Å². The highest BCUT2D eigenvalue weighted by Crippen LogP contribution is 2.38. The van der Waals surface area contributed by atoms with Crippen LogP contribution < -0.4 is 5.43 Å². The Hall–Kier alpha value is -3.90. The minimum absolute atomic E-state index is 0.0951. The van der Waals surface area contributed by atoms with Gasteiger partial charge in [-0.1, -0.05) is 43.9 Å². The molecule has 1 aliphatic heterocycles. The minimum Gasteiger partial charge on any atom is -0.503 e. The Morgan fingerprint density at radius 3 is 2.53 bits per heavy atom. The van der Waals surface area contributed by atoms with Gasteiger partial charge in [-0.2, -0.15) is 18.8 Å². The van der Waals surface area contributed by atoms with E-state index in [4.69, 9.17) is 8.92 Å². The highest BCUT2D eigenvalue weighted by atomic mass is 32.2. The second kappa shape index (κ2) is 14.0. The van der Waals surface area contributed by atoms with Crippen molar-refractivity contribution < 1.29 is 31.6 Å². The third-order valence-electron chi connectivity index (χ3n) is 7.53. The molecule has 45 heavy (non-hydrogen) atoms. The monoisotopic (exact) mass is 656 g/mol. The summed E-state index contributed by atoms with van der Waals surface area (Å²) in [6.07, 6.45) is 1.50. The van der Waals surface area contributed by atoms with Gasteiger partial charge in [0, 0.05) is 27.1 Å². The second-order valence-electron chi connectivity index (χ2n) is 12.3. The van der Waals surface area contributed by atoms with Gasteiger partial charge in [0.05, 0.1) is 30.1 Å². The molecule has 1 amide bonds. The number of benzene rings is 2. The lowest BCUT2D eigenvalue weighted by Gasteiger charge is -2.36. The van der Waals surface area contributed by atoms with E-state index in [0.29, 0.717) is 36.1 Å². The molecule has 0 spiro atoms. The van der Waals surface area contributed by atoms with E-state index >= 15 is 0 Å². The minimum atomic E-state index is -4.12. The number of amides is 1. The molecule has 4 rings (SSSR count). The molecule has 0 radical (unpaired) electrons. The molecule has 1 fully saturated rings. The van der Waals surface area contributed by atoms with Crippen LogP contribution in [-0.4, -0.2) is 73.7 Å². The molecule has 1 N–H and O–H groups in total. The van der Waals surface area contributed by atoms with E-state index in [1.807, 2.05) is 6.07 Å². The Balaban J connectivity index is 1.74. The maximum atomic E-state index is 14.5. The fraction of sp³-hybridized carbons (Fsp3) is 0.419. The van der Waals surface area contributed by atoms with Crippen LogP contribution >= 0.6 is 0 Å². The van der Waals surface area contributed by atoms with Crippen LogP contribution in [0.5, 0.6) is 5.75 Å². The molecule has 3 unspecified atom stereocenters. The predicted molar refractivity (Wildman–Crippen MR) is 167 cm³/mol. The first-order chi connectivity index (χ1) is 21.2. The fourth-order valence-corrected chi connectivity index (χ4v) is 6.77. The normalized spacial score (nSPS) is 16.7. The third kappa shape index (κ3) is 8.85. The van der Waals surface area contributed by atoms with Crippen molar-refractivity contribution in [3.05, 3.63) is 93.2 Å². The number of nitriles is 1. The highest BCUT2D eigenvalue weighted by molar-refractivity contribution is 7.86. The lowest BCUT2D eigenvalue weighted by atomic mass is 9.82. The van der Waals surface area contributed by atoms with E-state index < -0.39 is 64.9 Å². The standard InChI is InChI=1S/C31H37FN4O7SSi/c1-44(40,41)43-30(27(23-7-5-8-24(32)17-23)22-12-10-21(18-33)11-13-22)25-9-6-14-36(25)31(39)28-29(38)26(37)19-35(34-28)20-42-15-16-45(2,3)4/h5,7-8,10-13,17,19,25,27,30,37H,6,9,14-16,20H2,1-4H3. The van der Waals surface area contributed by atoms with Crippen molar-refractivity contribution in [2.24, 2.45) is 0 Å². The maximum Gasteiger partial charge on any atom is 0.278 e. The van der Waals surface area contributed by atoms with Crippen LogP contribution in [0.3, 0.4) is 0 Å². The van der Waals surface area contributed by atoms with Gasteiger partial charge in [0.2, 0.25) is 0 Å². The SMILES string of the molecule is C[Si](C)(C)CCOCn1cc(O)c(=O)c(C(=O)N2CCCC2C(OS(C)(=O)=O)C(c2ccc(C#N)cc2)c2cccc(F)c2)n1. The molecule has 0 aliphatic carbocycles. The van der Waals surface area contributed by atoms with Crippen molar-refractivity contribution in [1.29, 1.82) is 5.26 Å². The van der Waals surface area contributed by atoms with Gasteiger partial charge >= 0.3 is 0 Å². The summed E-state index contributed by atoms with van der Waals surface area (Å²) >= 11 is 0. The van der Waals surface area contributed by atoms with Crippen molar-refractivity contribution in [2.75, 3.05) is 19.4 Å². The van der Waals surface area contributed by atoms with Crippen molar-refractivity contribution in [3.8, 4) is 11.8 Å². The van der Waals surface area contributed by atoms with Gasteiger partial charge in [-0.15, -0.1) is 0 Å². The van der Waals surface area contributed by atoms with Gasteiger partial charge in [-0.3, -0.25) is 13.8 Å². The summed E-state index contributed by atoms with van der Waals surface area (Å²) in [5, 5.41) is 23.9. The largest absolute Gasteiger partial charge is 0.503 e. The molecule has 3 atom stereocenters. The first-order valence-electron chi connectivity index (χ1n) is 14.5. The number of likely N-dealkylation sites (tertiary alicyclic amines) is 1. The number of carbonyl (C=O) groups excluding carboxylic acids is 1. The van der Waals surface area contributed by atoms with Gasteiger partial charge < -0.3 is 14.7 Å². The van der Waals surface area contributed by atoms with Crippen LogP contribution in [0, 0.1) is 17.1 Å². The second-order valence-corrected chi connectivity index (χ2v) is 19.5. The molecule has 1 saturated heterocycles. The predicted octanol–water partition coefficient (Wildman–Crippen LogP) is 4.05. The molecule has 2 heterocycles. The summed E-state index contributed by atoms with van der Waals surface area (Å²) in [4.78, 5) is 28.2. The first kappa shape index (κ1) is 34.0. The number of nitrogens with zero attached hydrogens (tertiary/aromatic N) is 4. The number of aromatic hydroxyl groups is 1. The lowest BCUT2D eigenvalue weighted by Crippen LogP contribution is -2.48. The van der Waals surface area contributed by atoms with Gasteiger partial charge in [-0.25, -0.2) is 9.07 Å². The average molecular weight is 657 g/mol. The Morgan fingerprint density at radius 2 is 1.91 bits per heavy atom. The van der Waals surface area contributed by atoms with Crippen molar-refractivity contribution in [1.82, 2.24) is 14.7 Å². The summed E-state index contributed by atoms with van der Waals surface area (Å²) < 4.78 is 52.4. The smallest absolute Gasteiger partial charge is 0.278 e. The number of rotatable bonds is 12. The number of hydrogen-bond acceptors (Lipinski definition) is 9. The topological polar surface area (TPSA) is 152 Å². The molecule has 0 bridgehead atoms. The molecule has 1 aliphatic rings. The number of aromatic nitrogens is 2. The quantitative estimate of drug-likeness (QED) is 0.173. The van der Waals surface area contributed by atoms with E-state index in [0.717, 1.165) is 18.5 Å². The van der Waals surface area contributed by atoms with Crippen molar-refractivity contribution >= 4 is 24.1 Å². The molecule has 240 valence electrons. The number of hydrogen-bond donors (Lipinski definition) is 1. The van der Waals surface area contributed by atoms with Crippen LogP contribution in [0.4, 0.5) is 4.39 Å². The Bertz CT molecular complexity index is 1740. The molecule has 0 saturated carbocycles.